The summed E-state index contributed by atoms with van der Waals surface area (Å²) in [6.45, 7) is 4.49. The summed E-state index contributed by atoms with van der Waals surface area (Å²) >= 11 is 0. The molecule has 0 heterocycles. The summed E-state index contributed by atoms with van der Waals surface area (Å²) in [5.74, 6) is 0. The molecule has 0 bridgehead atoms. The molecule has 0 unspecified atom stereocenters. The van der Waals surface area contributed by atoms with Crippen LogP contribution in [-0.4, -0.2) is 24.0 Å². The van der Waals surface area contributed by atoms with Crippen molar-refractivity contribution in [2.24, 2.45) is 0 Å². The summed E-state index contributed by atoms with van der Waals surface area (Å²) in [6, 6.07) is 11.8. The van der Waals surface area contributed by atoms with E-state index in [2.05, 4.69) is 42.2 Å². The second-order valence-electron chi connectivity index (χ2n) is 5.46. The van der Waals surface area contributed by atoms with Gasteiger partial charge in [-0.05, 0) is 56.3 Å². The quantitative estimate of drug-likeness (QED) is 0.728. The lowest BCUT2D eigenvalue weighted by molar-refractivity contribution is 0.178. The van der Waals surface area contributed by atoms with Crippen LogP contribution in [0.1, 0.15) is 43.7 Å². The molecule has 0 spiro atoms. The van der Waals surface area contributed by atoms with Crippen molar-refractivity contribution >= 4 is 0 Å². The molecule has 0 saturated carbocycles. The fraction of sp³-hybridized carbons (Fsp3) is 0.588. The summed E-state index contributed by atoms with van der Waals surface area (Å²) in [5.41, 5.74) is 3.06. The first kappa shape index (κ1) is 14.1. The molecule has 102 valence electrons. The van der Waals surface area contributed by atoms with Crippen molar-refractivity contribution in [1.29, 1.82) is 5.26 Å². The monoisotopic (exact) mass is 256 g/mol. The van der Waals surface area contributed by atoms with Gasteiger partial charge >= 0.3 is 0 Å². The zero-order valence-corrected chi connectivity index (χ0v) is 11.9. The van der Waals surface area contributed by atoms with Crippen molar-refractivity contribution in [3.05, 3.63) is 35.4 Å². The van der Waals surface area contributed by atoms with Crippen molar-refractivity contribution in [2.45, 2.75) is 51.5 Å². The molecular weight excluding hydrogens is 232 g/mol. The maximum Gasteiger partial charge on any atom is 0.0622 e. The summed E-state index contributed by atoms with van der Waals surface area (Å²) in [6.07, 6.45) is 6.55. The van der Waals surface area contributed by atoms with E-state index in [-0.39, 0.29) is 0 Å². The number of nitrogens with zero attached hydrogens (tertiary/aromatic N) is 2. The molecular formula is C17H24N2. The smallest absolute Gasteiger partial charge is 0.0622 e. The number of nitriles is 1. The van der Waals surface area contributed by atoms with Crippen LogP contribution in [0.4, 0.5) is 0 Å². The molecule has 2 heteroatoms. The van der Waals surface area contributed by atoms with Gasteiger partial charge in [0.2, 0.25) is 0 Å². The number of benzene rings is 1. The van der Waals surface area contributed by atoms with Crippen molar-refractivity contribution in [2.75, 3.05) is 13.1 Å². The standard InChI is InChI=1S/C17H24N2/c1-2-12-19(13-6-5-11-18)17-10-9-15-7-3-4-8-16(15)14-17/h3-4,7-8,17H,2,5-6,9-10,12-14H2,1H3/t17-/m1/s1. The third kappa shape index (κ3) is 3.81. The van der Waals surface area contributed by atoms with E-state index in [0.717, 1.165) is 19.5 Å². The number of hydrogen-bond donors (Lipinski definition) is 0. The Morgan fingerprint density at radius 3 is 2.79 bits per heavy atom. The van der Waals surface area contributed by atoms with E-state index in [1.807, 2.05) is 0 Å². The van der Waals surface area contributed by atoms with Crippen LogP contribution in [-0.2, 0) is 12.8 Å². The summed E-state index contributed by atoms with van der Waals surface area (Å²) in [5, 5.41) is 8.68. The molecule has 0 radical (unpaired) electrons. The molecule has 0 saturated heterocycles. The van der Waals surface area contributed by atoms with Crippen molar-refractivity contribution in [3.63, 3.8) is 0 Å². The molecule has 2 rings (SSSR count). The summed E-state index contributed by atoms with van der Waals surface area (Å²) in [4.78, 5) is 2.60. The third-order valence-electron chi connectivity index (χ3n) is 4.08. The third-order valence-corrected chi connectivity index (χ3v) is 4.08. The van der Waals surface area contributed by atoms with Crippen LogP contribution in [0.25, 0.3) is 0 Å². The minimum absolute atomic E-state index is 0.675. The lowest BCUT2D eigenvalue weighted by Crippen LogP contribution is -2.40. The largest absolute Gasteiger partial charge is 0.300 e. The van der Waals surface area contributed by atoms with Gasteiger partial charge < -0.3 is 4.90 Å². The maximum absolute atomic E-state index is 8.68. The fourth-order valence-corrected chi connectivity index (χ4v) is 3.12. The number of hydrogen-bond acceptors (Lipinski definition) is 2. The lowest BCUT2D eigenvalue weighted by atomic mass is 9.87. The first-order valence-corrected chi connectivity index (χ1v) is 7.53. The molecule has 0 fully saturated rings. The van der Waals surface area contributed by atoms with E-state index in [1.54, 1.807) is 0 Å². The van der Waals surface area contributed by atoms with Crippen LogP contribution in [0.2, 0.25) is 0 Å². The van der Waals surface area contributed by atoms with Crippen LogP contribution >= 0.6 is 0 Å². The molecule has 2 nitrogen and oxygen atoms in total. The maximum atomic E-state index is 8.68. The van der Waals surface area contributed by atoms with Crippen LogP contribution < -0.4 is 0 Å². The predicted molar refractivity (Wildman–Crippen MR) is 79.0 cm³/mol. The van der Waals surface area contributed by atoms with Crippen LogP contribution in [0.15, 0.2) is 24.3 Å². The Labute approximate surface area is 117 Å². The number of unbranched alkanes of at least 4 members (excludes halogenated alkanes) is 1. The SMILES string of the molecule is CCCN(CCCC#N)[C@@H]1CCc2ccccc2C1. The van der Waals surface area contributed by atoms with Gasteiger partial charge in [0.1, 0.15) is 0 Å². The van der Waals surface area contributed by atoms with Crippen LogP contribution in [0.3, 0.4) is 0 Å². The highest BCUT2D eigenvalue weighted by molar-refractivity contribution is 5.30. The molecule has 0 aromatic heterocycles. The topological polar surface area (TPSA) is 27.0 Å². The van der Waals surface area contributed by atoms with Gasteiger partial charge in [0.05, 0.1) is 6.07 Å². The van der Waals surface area contributed by atoms with Gasteiger partial charge in [-0.25, -0.2) is 0 Å². The van der Waals surface area contributed by atoms with Gasteiger partial charge in [-0.3, -0.25) is 0 Å². The fourth-order valence-electron chi connectivity index (χ4n) is 3.12. The number of fused-ring (bicyclic) bond motifs is 1. The molecule has 1 aliphatic carbocycles. The van der Waals surface area contributed by atoms with Gasteiger partial charge in [-0.1, -0.05) is 31.2 Å². The van der Waals surface area contributed by atoms with Crippen molar-refractivity contribution < 1.29 is 0 Å². The van der Waals surface area contributed by atoms with E-state index in [4.69, 9.17) is 5.26 Å². The van der Waals surface area contributed by atoms with E-state index in [0.29, 0.717) is 12.5 Å². The Morgan fingerprint density at radius 1 is 1.26 bits per heavy atom. The van der Waals surface area contributed by atoms with Gasteiger partial charge in [-0.2, -0.15) is 5.26 Å². The molecule has 1 atom stereocenters. The highest BCUT2D eigenvalue weighted by atomic mass is 15.1. The van der Waals surface area contributed by atoms with E-state index in [9.17, 15) is 0 Å². The summed E-state index contributed by atoms with van der Waals surface area (Å²) in [7, 11) is 0. The van der Waals surface area contributed by atoms with E-state index in [1.165, 1.54) is 36.8 Å². The first-order chi connectivity index (χ1) is 9.35. The van der Waals surface area contributed by atoms with Crippen LogP contribution in [0, 0.1) is 11.3 Å². The predicted octanol–water partition coefficient (Wildman–Crippen LogP) is 3.56. The average molecular weight is 256 g/mol. The van der Waals surface area contributed by atoms with Crippen molar-refractivity contribution in [1.82, 2.24) is 4.90 Å². The first-order valence-electron chi connectivity index (χ1n) is 7.53. The van der Waals surface area contributed by atoms with Gasteiger partial charge in [0.25, 0.3) is 0 Å². The second kappa shape index (κ2) is 7.31. The van der Waals surface area contributed by atoms with Gasteiger partial charge in [-0.15, -0.1) is 0 Å². The molecule has 0 amide bonds. The van der Waals surface area contributed by atoms with Gasteiger partial charge in [0, 0.05) is 12.5 Å². The highest BCUT2D eigenvalue weighted by Crippen LogP contribution is 2.24. The normalized spacial score (nSPS) is 18.1. The lowest BCUT2D eigenvalue weighted by Gasteiger charge is -2.35. The molecule has 1 aliphatic rings. The van der Waals surface area contributed by atoms with Crippen LogP contribution in [0.5, 0.6) is 0 Å². The molecule has 1 aromatic rings. The molecule has 1 aromatic carbocycles. The summed E-state index contributed by atoms with van der Waals surface area (Å²) < 4.78 is 0. The minimum Gasteiger partial charge on any atom is -0.300 e. The average Bonchev–Trinajstić information content (AvgIpc) is 2.46. The van der Waals surface area contributed by atoms with E-state index < -0.39 is 0 Å². The molecule has 0 N–H and O–H groups in total. The number of aryl methyl sites for hydroxylation is 1. The zero-order valence-electron chi connectivity index (χ0n) is 11.9. The Morgan fingerprint density at radius 2 is 2.05 bits per heavy atom. The Balaban J connectivity index is 1.97. The Kier molecular flexibility index (Phi) is 5.42. The molecule has 0 aliphatic heterocycles. The highest BCUT2D eigenvalue weighted by Gasteiger charge is 2.23. The minimum atomic E-state index is 0.675. The van der Waals surface area contributed by atoms with Crippen molar-refractivity contribution in [3.8, 4) is 6.07 Å². The molecule has 19 heavy (non-hydrogen) atoms. The Bertz CT molecular complexity index is 433. The number of rotatable bonds is 6. The zero-order chi connectivity index (χ0) is 13.5. The van der Waals surface area contributed by atoms with E-state index >= 15 is 0 Å². The van der Waals surface area contributed by atoms with Gasteiger partial charge in [0.15, 0.2) is 0 Å². The Hall–Kier alpha value is -1.33. The second-order valence-corrected chi connectivity index (χ2v) is 5.46.